The van der Waals surface area contributed by atoms with E-state index in [-0.39, 0.29) is 11.9 Å². The molecule has 6 heteroatoms. The zero-order valence-corrected chi connectivity index (χ0v) is 15.6. The molecule has 5 nitrogen and oxygen atoms in total. The van der Waals surface area contributed by atoms with Crippen LogP contribution < -0.4 is 5.32 Å². The summed E-state index contributed by atoms with van der Waals surface area (Å²) in [5.74, 6) is 1.85. The van der Waals surface area contributed by atoms with Gasteiger partial charge in [-0.1, -0.05) is 41.6 Å². The number of hydrogen-bond acceptors (Lipinski definition) is 5. The highest BCUT2D eigenvalue weighted by Crippen LogP contribution is 2.22. The monoisotopic (exact) mass is 367 g/mol. The highest BCUT2D eigenvalue weighted by atomic mass is 32.2. The van der Waals surface area contributed by atoms with Crippen LogP contribution in [0.4, 0.5) is 0 Å². The van der Waals surface area contributed by atoms with Crippen molar-refractivity contribution in [2.24, 2.45) is 0 Å². The molecule has 1 atom stereocenters. The van der Waals surface area contributed by atoms with Crippen molar-refractivity contribution in [2.45, 2.75) is 25.6 Å². The molecular formula is C20H21N3O2S. The van der Waals surface area contributed by atoms with Gasteiger partial charge < -0.3 is 9.84 Å². The van der Waals surface area contributed by atoms with Gasteiger partial charge in [0.2, 0.25) is 5.91 Å². The molecule has 2 heterocycles. The highest BCUT2D eigenvalue weighted by Gasteiger charge is 2.18. The van der Waals surface area contributed by atoms with Gasteiger partial charge in [-0.15, -0.1) is 11.8 Å². The third-order valence-corrected chi connectivity index (χ3v) is 5.04. The fraction of sp³-hybridized carbons (Fsp3) is 0.250. The normalized spacial score (nSPS) is 11.9. The summed E-state index contributed by atoms with van der Waals surface area (Å²) in [5, 5.41) is 7.04. The average Bonchev–Trinajstić information content (AvgIpc) is 2.99. The van der Waals surface area contributed by atoms with Crippen LogP contribution in [-0.4, -0.2) is 21.8 Å². The number of rotatable bonds is 7. The Morgan fingerprint density at radius 1 is 1.15 bits per heavy atom. The fourth-order valence-electron chi connectivity index (χ4n) is 2.68. The molecular weight excluding hydrogens is 346 g/mol. The molecule has 1 N–H and O–H groups in total. The minimum atomic E-state index is -0.260. The second-order valence-electron chi connectivity index (χ2n) is 5.96. The SMILES string of the molecule is Cc1noc(C)c1CSCC(=O)NC(c1ccccc1)c1ccccn1. The van der Waals surface area contributed by atoms with Crippen LogP contribution in [-0.2, 0) is 10.5 Å². The standard InChI is InChI=1S/C20H21N3O2S/c1-14-17(15(2)25-23-14)12-26-13-19(24)22-20(16-8-4-3-5-9-16)18-10-6-7-11-21-18/h3-11,20H,12-13H2,1-2H3,(H,22,24). The van der Waals surface area contributed by atoms with Crippen LogP contribution in [0, 0.1) is 13.8 Å². The van der Waals surface area contributed by atoms with Crippen LogP contribution in [0.25, 0.3) is 0 Å². The Labute approximate surface area is 157 Å². The van der Waals surface area contributed by atoms with E-state index in [1.165, 1.54) is 0 Å². The molecule has 1 unspecified atom stereocenters. The lowest BCUT2D eigenvalue weighted by atomic mass is 10.0. The van der Waals surface area contributed by atoms with Gasteiger partial charge in [0, 0.05) is 17.5 Å². The van der Waals surface area contributed by atoms with E-state index in [4.69, 9.17) is 4.52 Å². The first-order valence-corrected chi connectivity index (χ1v) is 9.55. The Hall–Kier alpha value is -2.60. The quantitative estimate of drug-likeness (QED) is 0.687. The molecule has 134 valence electrons. The molecule has 1 amide bonds. The Bertz CT molecular complexity index is 791. The number of nitrogens with one attached hydrogen (secondary N) is 1. The van der Waals surface area contributed by atoms with E-state index in [1.54, 1.807) is 18.0 Å². The molecule has 3 rings (SSSR count). The van der Waals surface area contributed by atoms with Crippen molar-refractivity contribution >= 4 is 17.7 Å². The second-order valence-corrected chi connectivity index (χ2v) is 6.95. The smallest absolute Gasteiger partial charge is 0.230 e. The Morgan fingerprint density at radius 2 is 1.92 bits per heavy atom. The van der Waals surface area contributed by atoms with Crippen molar-refractivity contribution in [3.05, 3.63) is 83.0 Å². The molecule has 26 heavy (non-hydrogen) atoms. The van der Waals surface area contributed by atoms with Gasteiger partial charge in [0.15, 0.2) is 0 Å². The summed E-state index contributed by atoms with van der Waals surface area (Å²) in [6.07, 6.45) is 1.74. The van der Waals surface area contributed by atoms with Crippen molar-refractivity contribution in [2.75, 3.05) is 5.75 Å². The highest BCUT2D eigenvalue weighted by molar-refractivity contribution is 7.99. The van der Waals surface area contributed by atoms with Gasteiger partial charge in [0.1, 0.15) is 5.76 Å². The number of amides is 1. The zero-order valence-electron chi connectivity index (χ0n) is 14.8. The molecule has 1 aromatic carbocycles. The molecule has 0 radical (unpaired) electrons. The summed E-state index contributed by atoms with van der Waals surface area (Å²) >= 11 is 1.55. The lowest BCUT2D eigenvalue weighted by Gasteiger charge is -2.18. The largest absolute Gasteiger partial charge is 0.361 e. The van der Waals surface area contributed by atoms with Gasteiger partial charge in [-0.2, -0.15) is 0 Å². The number of aromatic nitrogens is 2. The maximum Gasteiger partial charge on any atom is 0.230 e. The summed E-state index contributed by atoms with van der Waals surface area (Å²) in [6, 6.07) is 15.3. The predicted molar refractivity (Wildman–Crippen MR) is 103 cm³/mol. The summed E-state index contributed by atoms with van der Waals surface area (Å²) in [5.41, 5.74) is 3.77. The van der Waals surface area contributed by atoms with Gasteiger partial charge in [0.05, 0.1) is 23.2 Å². The van der Waals surface area contributed by atoms with Crippen LogP contribution in [0.2, 0.25) is 0 Å². The van der Waals surface area contributed by atoms with Gasteiger partial charge in [0.25, 0.3) is 0 Å². The van der Waals surface area contributed by atoms with Crippen molar-refractivity contribution in [3.63, 3.8) is 0 Å². The van der Waals surface area contributed by atoms with Gasteiger partial charge in [-0.3, -0.25) is 9.78 Å². The minimum absolute atomic E-state index is 0.0266. The third-order valence-electron chi connectivity index (χ3n) is 4.08. The number of carbonyl (C=O) groups is 1. The first-order valence-electron chi connectivity index (χ1n) is 8.40. The number of pyridine rings is 1. The van der Waals surface area contributed by atoms with Crippen LogP contribution in [0.15, 0.2) is 59.3 Å². The summed E-state index contributed by atoms with van der Waals surface area (Å²) in [6.45, 7) is 3.81. The minimum Gasteiger partial charge on any atom is -0.361 e. The van der Waals surface area contributed by atoms with E-state index in [1.807, 2.05) is 62.4 Å². The molecule has 3 aromatic rings. The summed E-state index contributed by atoms with van der Waals surface area (Å²) in [4.78, 5) is 16.9. The van der Waals surface area contributed by atoms with Gasteiger partial charge in [-0.05, 0) is 31.5 Å². The number of nitrogens with zero attached hydrogens (tertiary/aromatic N) is 2. The third kappa shape index (κ3) is 4.52. The van der Waals surface area contributed by atoms with Crippen LogP contribution >= 0.6 is 11.8 Å². The van der Waals surface area contributed by atoms with Crippen molar-refractivity contribution in [1.82, 2.24) is 15.5 Å². The molecule has 0 aliphatic rings. The molecule has 0 saturated heterocycles. The number of carbonyl (C=O) groups excluding carboxylic acids is 1. The first kappa shape index (κ1) is 18.2. The van der Waals surface area contributed by atoms with Crippen molar-refractivity contribution in [3.8, 4) is 0 Å². The topological polar surface area (TPSA) is 68.0 Å². The lowest BCUT2D eigenvalue weighted by molar-refractivity contribution is -0.119. The van der Waals surface area contributed by atoms with Crippen LogP contribution in [0.1, 0.15) is 34.3 Å². The van der Waals surface area contributed by atoms with Gasteiger partial charge in [-0.25, -0.2) is 0 Å². The lowest BCUT2D eigenvalue weighted by Crippen LogP contribution is -2.31. The van der Waals surface area contributed by atoms with Crippen LogP contribution in [0.3, 0.4) is 0 Å². The van der Waals surface area contributed by atoms with Crippen molar-refractivity contribution in [1.29, 1.82) is 0 Å². The Balaban J connectivity index is 1.64. The average molecular weight is 367 g/mol. The van der Waals surface area contributed by atoms with Crippen molar-refractivity contribution < 1.29 is 9.32 Å². The number of aryl methyl sites for hydroxylation is 2. The van der Waals surface area contributed by atoms with E-state index in [2.05, 4.69) is 15.5 Å². The van der Waals surface area contributed by atoms with E-state index < -0.39 is 0 Å². The summed E-state index contributed by atoms with van der Waals surface area (Å²) < 4.78 is 5.16. The molecule has 2 aromatic heterocycles. The molecule has 0 spiro atoms. The summed E-state index contributed by atoms with van der Waals surface area (Å²) in [7, 11) is 0. The molecule has 0 aliphatic heterocycles. The molecule has 0 fully saturated rings. The van der Waals surface area contributed by atoms with E-state index in [9.17, 15) is 4.79 Å². The van der Waals surface area contributed by atoms with Crippen LogP contribution in [0.5, 0.6) is 0 Å². The number of thioether (sulfide) groups is 1. The zero-order chi connectivity index (χ0) is 18.4. The maximum atomic E-state index is 12.5. The second kappa shape index (κ2) is 8.67. The van der Waals surface area contributed by atoms with Gasteiger partial charge >= 0.3 is 0 Å². The molecule has 0 bridgehead atoms. The Morgan fingerprint density at radius 3 is 2.58 bits per heavy atom. The molecule has 0 aliphatic carbocycles. The fourth-order valence-corrected chi connectivity index (χ4v) is 3.66. The predicted octanol–water partition coefficient (Wildman–Crippen LogP) is 3.83. The van der Waals surface area contributed by atoms with E-state index in [0.29, 0.717) is 11.5 Å². The number of benzene rings is 1. The van der Waals surface area contributed by atoms with E-state index in [0.717, 1.165) is 28.3 Å². The molecule has 0 saturated carbocycles. The van der Waals surface area contributed by atoms with E-state index >= 15 is 0 Å². The first-order chi connectivity index (χ1) is 12.6. The number of hydrogen-bond donors (Lipinski definition) is 1. The maximum absolute atomic E-state index is 12.5. The Kier molecular flexibility index (Phi) is 6.07.